The second-order valence-electron chi connectivity index (χ2n) is 5.43. The summed E-state index contributed by atoms with van der Waals surface area (Å²) in [6.07, 6.45) is 8.14. The molecule has 1 aliphatic rings. The number of hydrogen-bond acceptors (Lipinski definition) is 4. The Bertz CT molecular complexity index is 481. The average molecular weight is 296 g/mol. The molecule has 1 aromatic heterocycles. The van der Waals surface area contributed by atoms with Gasteiger partial charge in [0, 0.05) is 11.3 Å². The lowest BCUT2D eigenvalue weighted by molar-refractivity contribution is 0.322. The molecule has 2 rings (SSSR count). The van der Waals surface area contributed by atoms with Gasteiger partial charge >= 0.3 is 0 Å². The summed E-state index contributed by atoms with van der Waals surface area (Å²) >= 11 is 1.41. The van der Waals surface area contributed by atoms with E-state index in [1.807, 2.05) is 6.92 Å². The summed E-state index contributed by atoms with van der Waals surface area (Å²) < 4.78 is 0. The Morgan fingerprint density at radius 2 is 2.10 bits per heavy atom. The van der Waals surface area contributed by atoms with Crippen molar-refractivity contribution in [1.82, 2.24) is 9.97 Å². The Morgan fingerprint density at radius 1 is 1.35 bits per heavy atom. The maximum Gasteiger partial charge on any atom is 0.254 e. The van der Waals surface area contributed by atoms with Crippen molar-refractivity contribution in [3.63, 3.8) is 0 Å². The molecule has 1 aliphatic carbocycles. The maximum absolute atomic E-state index is 12.1. The zero-order valence-corrected chi connectivity index (χ0v) is 13.0. The van der Waals surface area contributed by atoms with Crippen LogP contribution in [0.15, 0.2) is 9.95 Å². The van der Waals surface area contributed by atoms with Gasteiger partial charge in [0.05, 0.1) is 12.3 Å². The van der Waals surface area contributed by atoms with Gasteiger partial charge in [-0.3, -0.25) is 4.79 Å². The van der Waals surface area contributed by atoms with Gasteiger partial charge in [0.25, 0.3) is 5.56 Å². The third-order valence-electron chi connectivity index (χ3n) is 3.97. The molecule has 112 valence electrons. The van der Waals surface area contributed by atoms with Crippen molar-refractivity contribution >= 4 is 11.8 Å². The van der Waals surface area contributed by atoms with Gasteiger partial charge in [0.15, 0.2) is 5.16 Å². The first-order valence-electron chi connectivity index (χ1n) is 7.60. The summed E-state index contributed by atoms with van der Waals surface area (Å²) in [4.78, 5) is 19.6. The van der Waals surface area contributed by atoms with Crippen LogP contribution < -0.4 is 5.56 Å². The molecule has 0 unspecified atom stereocenters. The molecule has 0 aliphatic heterocycles. The summed E-state index contributed by atoms with van der Waals surface area (Å²) in [5, 5.41) is 9.53. The lowest BCUT2D eigenvalue weighted by Crippen LogP contribution is -2.21. The minimum atomic E-state index is -0.00579. The highest BCUT2D eigenvalue weighted by Gasteiger charge is 2.18. The third kappa shape index (κ3) is 4.09. The molecule has 1 fully saturated rings. The van der Waals surface area contributed by atoms with E-state index in [0.29, 0.717) is 16.8 Å². The molecule has 2 N–H and O–H groups in total. The normalized spacial score (nSPS) is 16.5. The predicted octanol–water partition coefficient (Wildman–Crippen LogP) is 2.54. The molecular formula is C15H24N2O2S. The Hall–Kier alpha value is -0.810. The standard InChI is InChI=1S/C15H24N2O2S/c1-2-12-13(10-11-6-4-3-5-7-11)16-15(17-14(12)19)20-9-8-18/h11,18H,2-10H2,1H3,(H,16,17,19). The number of nitrogens with zero attached hydrogens (tertiary/aromatic N) is 1. The largest absolute Gasteiger partial charge is 0.396 e. The van der Waals surface area contributed by atoms with Crippen LogP contribution in [0.5, 0.6) is 0 Å². The molecule has 1 aromatic rings. The summed E-state index contributed by atoms with van der Waals surface area (Å²) in [5.74, 6) is 1.25. The van der Waals surface area contributed by atoms with Crippen LogP contribution in [0.3, 0.4) is 0 Å². The van der Waals surface area contributed by atoms with Gasteiger partial charge in [0.2, 0.25) is 0 Å². The molecule has 0 bridgehead atoms. The van der Waals surface area contributed by atoms with Crippen molar-refractivity contribution in [3.8, 4) is 0 Å². The van der Waals surface area contributed by atoms with Crippen molar-refractivity contribution in [2.75, 3.05) is 12.4 Å². The van der Waals surface area contributed by atoms with Gasteiger partial charge in [-0.2, -0.15) is 0 Å². The zero-order chi connectivity index (χ0) is 14.4. The number of aromatic nitrogens is 2. The molecule has 5 heteroatoms. The van der Waals surface area contributed by atoms with Crippen LogP contribution in [0, 0.1) is 5.92 Å². The number of H-pyrrole nitrogens is 1. The van der Waals surface area contributed by atoms with Crippen LogP contribution >= 0.6 is 11.8 Å². The highest BCUT2D eigenvalue weighted by molar-refractivity contribution is 7.99. The van der Waals surface area contributed by atoms with Gasteiger partial charge in [-0.05, 0) is 18.8 Å². The Balaban J connectivity index is 2.18. The van der Waals surface area contributed by atoms with E-state index in [4.69, 9.17) is 5.11 Å². The molecule has 4 nitrogen and oxygen atoms in total. The van der Waals surface area contributed by atoms with Gasteiger partial charge < -0.3 is 10.1 Å². The molecule has 20 heavy (non-hydrogen) atoms. The van der Waals surface area contributed by atoms with Crippen molar-refractivity contribution < 1.29 is 5.11 Å². The lowest BCUT2D eigenvalue weighted by Gasteiger charge is -2.22. The van der Waals surface area contributed by atoms with E-state index in [9.17, 15) is 4.79 Å². The van der Waals surface area contributed by atoms with E-state index >= 15 is 0 Å². The van der Waals surface area contributed by atoms with E-state index in [-0.39, 0.29) is 12.2 Å². The smallest absolute Gasteiger partial charge is 0.254 e. The minimum absolute atomic E-state index is 0.00579. The first-order valence-corrected chi connectivity index (χ1v) is 8.58. The third-order valence-corrected chi connectivity index (χ3v) is 4.82. The van der Waals surface area contributed by atoms with Crippen molar-refractivity contribution in [3.05, 3.63) is 21.6 Å². The van der Waals surface area contributed by atoms with E-state index < -0.39 is 0 Å². The fourth-order valence-corrected chi connectivity index (χ4v) is 3.55. The summed E-state index contributed by atoms with van der Waals surface area (Å²) in [7, 11) is 0. The first kappa shape index (κ1) is 15.6. The number of rotatable bonds is 6. The Kier molecular flexibility index (Phi) is 6.10. The van der Waals surface area contributed by atoms with Crippen LogP contribution in [0.25, 0.3) is 0 Å². The number of aliphatic hydroxyl groups is 1. The second-order valence-corrected chi connectivity index (χ2v) is 6.51. The monoisotopic (exact) mass is 296 g/mol. The Labute approximate surface area is 124 Å². The second kappa shape index (κ2) is 7.84. The van der Waals surface area contributed by atoms with E-state index in [1.165, 1.54) is 43.9 Å². The topological polar surface area (TPSA) is 66.0 Å². The van der Waals surface area contributed by atoms with Gasteiger partial charge in [-0.1, -0.05) is 50.8 Å². The number of aromatic amines is 1. The maximum atomic E-state index is 12.1. The van der Waals surface area contributed by atoms with Gasteiger partial charge in [-0.15, -0.1) is 0 Å². The van der Waals surface area contributed by atoms with Crippen LogP contribution in [-0.4, -0.2) is 27.4 Å². The lowest BCUT2D eigenvalue weighted by atomic mass is 9.85. The minimum Gasteiger partial charge on any atom is -0.396 e. The number of thioether (sulfide) groups is 1. The highest BCUT2D eigenvalue weighted by Crippen LogP contribution is 2.27. The van der Waals surface area contributed by atoms with Crippen molar-refractivity contribution in [2.45, 2.75) is 57.0 Å². The summed E-state index contributed by atoms with van der Waals surface area (Å²) in [6.45, 7) is 2.11. The summed E-state index contributed by atoms with van der Waals surface area (Å²) in [5.41, 5.74) is 1.81. The van der Waals surface area contributed by atoms with Gasteiger partial charge in [0.1, 0.15) is 0 Å². The van der Waals surface area contributed by atoms with Crippen LogP contribution in [0.4, 0.5) is 0 Å². The predicted molar refractivity (Wildman–Crippen MR) is 82.3 cm³/mol. The first-order chi connectivity index (χ1) is 9.74. The molecule has 0 spiro atoms. The molecule has 0 amide bonds. The van der Waals surface area contributed by atoms with E-state index in [2.05, 4.69) is 9.97 Å². The highest BCUT2D eigenvalue weighted by atomic mass is 32.2. The summed E-state index contributed by atoms with van der Waals surface area (Å²) in [6, 6.07) is 0. The quantitative estimate of drug-likeness (QED) is 0.625. The van der Waals surface area contributed by atoms with Crippen LogP contribution in [0.2, 0.25) is 0 Å². The average Bonchev–Trinajstić information content (AvgIpc) is 2.46. The number of aliphatic hydroxyl groups excluding tert-OH is 1. The van der Waals surface area contributed by atoms with E-state index in [0.717, 1.165) is 24.1 Å². The Morgan fingerprint density at radius 3 is 2.75 bits per heavy atom. The molecule has 0 aromatic carbocycles. The number of nitrogens with one attached hydrogen (secondary N) is 1. The molecule has 1 heterocycles. The SMILES string of the molecule is CCc1c(CC2CCCCC2)nc(SCCO)[nH]c1=O. The number of hydrogen-bond donors (Lipinski definition) is 2. The fourth-order valence-electron chi connectivity index (χ4n) is 2.93. The van der Waals surface area contributed by atoms with E-state index in [1.54, 1.807) is 0 Å². The molecule has 1 saturated carbocycles. The van der Waals surface area contributed by atoms with Crippen LogP contribution in [-0.2, 0) is 12.8 Å². The molecule has 0 saturated heterocycles. The fraction of sp³-hybridized carbons (Fsp3) is 0.733. The van der Waals surface area contributed by atoms with Crippen LogP contribution in [0.1, 0.15) is 50.3 Å². The molecular weight excluding hydrogens is 272 g/mol. The van der Waals surface area contributed by atoms with Gasteiger partial charge in [-0.25, -0.2) is 4.98 Å². The molecule has 0 atom stereocenters. The van der Waals surface area contributed by atoms with Crippen molar-refractivity contribution in [2.24, 2.45) is 5.92 Å². The van der Waals surface area contributed by atoms with Crippen molar-refractivity contribution in [1.29, 1.82) is 0 Å². The zero-order valence-electron chi connectivity index (χ0n) is 12.2. The molecule has 0 radical (unpaired) electrons.